The van der Waals surface area contributed by atoms with Crippen molar-refractivity contribution in [3.63, 3.8) is 0 Å². The van der Waals surface area contributed by atoms with Crippen LogP contribution in [0.4, 0.5) is 11.4 Å². The van der Waals surface area contributed by atoms with E-state index in [9.17, 15) is 4.79 Å². The van der Waals surface area contributed by atoms with Gasteiger partial charge in [-0.25, -0.2) is 0 Å². The van der Waals surface area contributed by atoms with Crippen LogP contribution in [0.5, 0.6) is 5.75 Å². The molecule has 1 fully saturated rings. The fourth-order valence-corrected chi connectivity index (χ4v) is 3.47. The number of benzene rings is 1. The molecule has 0 spiro atoms. The molecule has 1 amide bonds. The number of rotatable bonds is 2. The minimum atomic E-state index is -0.333. The van der Waals surface area contributed by atoms with Crippen molar-refractivity contribution in [2.45, 2.75) is 45.1 Å². The summed E-state index contributed by atoms with van der Waals surface area (Å²) in [5.41, 5.74) is 7.18. The molecule has 2 heterocycles. The predicted molar refractivity (Wildman–Crippen MR) is 92.8 cm³/mol. The number of hydrogen-bond acceptors (Lipinski definition) is 4. The normalized spacial score (nSPS) is 20.4. The molecule has 2 aliphatic heterocycles. The number of carbonyl (C=O) groups is 1. The lowest BCUT2D eigenvalue weighted by molar-refractivity contribution is -0.129. The van der Waals surface area contributed by atoms with Gasteiger partial charge in [0.25, 0.3) is 0 Å². The third kappa shape index (κ3) is 3.71. The molecule has 2 aliphatic rings. The van der Waals surface area contributed by atoms with E-state index in [0.717, 1.165) is 37.4 Å². The van der Waals surface area contributed by atoms with Gasteiger partial charge in [-0.1, -0.05) is 12.8 Å². The first-order valence-electron chi connectivity index (χ1n) is 8.56. The lowest BCUT2D eigenvalue weighted by Crippen LogP contribution is -2.50. The monoisotopic (exact) mass is 317 g/mol. The van der Waals surface area contributed by atoms with Gasteiger partial charge in [0.2, 0.25) is 5.91 Å². The Morgan fingerprint density at radius 2 is 1.91 bits per heavy atom. The molecule has 23 heavy (non-hydrogen) atoms. The van der Waals surface area contributed by atoms with Gasteiger partial charge in [-0.2, -0.15) is 0 Å². The maximum absolute atomic E-state index is 12.7. The first-order chi connectivity index (χ1) is 10.9. The van der Waals surface area contributed by atoms with Crippen LogP contribution in [0.15, 0.2) is 18.2 Å². The fourth-order valence-electron chi connectivity index (χ4n) is 3.47. The highest BCUT2D eigenvalue weighted by atomic mass is 16.5. The first-order valence-corrected chi connectivity index (χ1v) is 8.56. The van der Waals surface area contributed by atoms with E-state index < -0.39 is 0 Å². The molecule has 0 bridgehead atoms. The van der Waals surface area contributed by atoms with Crippen molar-refractivity contribution < 1.29 is 9.53 Å². The number of amides is 1. The molecule has 1 aromatic carbocycles. The summed E-state index contributed by atoms with van der Waals surface area (Å²) in [4.78, 5) is 16.9. The van der Waals surface area contributed by atoms with Gasteiger partial charge >= 0.3 is 0 Å². The Balaban J connectivity index is 1.78. The van der Waals surface area contributed by atoms with E-state index in [1.807, 2.05) is 36.9 Å². The average molecular weight is 317 g/mol. The molecule has 0 saturated carbocycles. The second kappa shape index (κ2) is 6.30. The highest BCUT2D eigenvalue weighted by Gasteiger charge is 2.33. The topological polar surface area (TPSA) is 58.8 Å². The molecular weight excluding hydrogens is 290 g/mol. The molecule has 0 aromatic heterocycles. The fraction of sp³-hybridized carbons (Fsp3) is 0.611. The Morgan fingerprint density at radius 3 is 2.61 bits per heavy atom. The van der Waals surface area contributed by atoms with Crippen LogP contribution in [-0.2, 0) is 4.79 Å². The minimum Gasteiger partial charge on any atom is -0.484 e. The Kier molecular flexibility index (Phi) is 4.37. The van der Waals surface area contributed by atoms with E-state index in [2.05, 4.69) is 4.90 Å². The zero-order valence-corrected chi connectivity index (χ0v) is 14.2. The van der Waals surface area contributed by atoms with Crippen LogP contribution in [0.3, 0.4) is 0 Å². The van der Waals surface area contributed by atoms with Crippen molar-refractivity contribution in [3.8, 4) is 5.75 Å². The number of carbonyl (C=O) groups excluding carboxylic acids is 1. The van der Waals surface area contributed by atoms with Gasteiger partial charge in [0.1, 0.15) is 11.4 Å². The van der Waals surface area contributed by atoms with Crippen LogP contribution in [0, 0.1) is 0 Å². The molecule has 5 heteroatoms. The van der Waals surface area contributed by atoms with Crippen LogP contribution >= 0.6 is 0 Å². The highest BCUT2D eigenvalue weighted by Crippen LogP contribution is 2.38. The second-order valence-electron chi connectivity index (χ2n) is 7.24. The molecular formula is C18H27N3O2. The van der Waals surface area contributed by atoms with E-state index in [-0.39, 0.29) is 11.5 Å². The maximum atomic E-state index is 12.7. The summed E-state index contributed by atoms with van der Waals surface area (Å²) in [7, 11) is 0. The van der Waals surface area contributed by atoms with Gasteiger partial charge in [-0.15, -0.1) is 0 Å². The smallest absolute Gasteiger partial charge is 0.242 e. The Morgan fingerprint density at radius 1 is 1.22 bits per heavy atom. The number of anilines is 2. The SMILES string of the molecule is CC1(C)CN(CC(=O)N2CCCCCC2)c2ccc(N)cc2O1. The number of ether oxygens (including phenoxy) is 1. The molecule has 0 unspecified atom stereocenters. The van der Waals surface area contributed by atoms with Crippen molar-refractivity contribution in [1.82, 2.24) is 4.90 Å². The number of nitrogen functional groups attached to an aromatic ring is 1. The third-order valence-corrected chi connectivity index (χ3v) is 4.57. The van der Waals surface area contributed by atoms with E-state index >= 15 is 0 Å². The van der Waals surface area contributed by atoms with Gasteiger partial charge in [-0.3, -0.25) is 4.79 Å². The van der Waals surface area contributed by atoms with Gasteiger partial charge in [0.15, 0.2) is 0 Å². The second-order valence-corrected chi connectivity index (χ2v) is 7.24. The summed E-state index contributed by atoms with van der Waals surface area (Å²) in [6, 6.07) is 5.67. The largest absolute Gasteiger partial charge is 0.484 e. The summed E-state index contributed by atoms with van der Waals surface area (Å²) in [5.74, 6) is 0.984. The van der Waals surface area contributed by atoms with Crippen molar-refractivity contribution >= 4 is 17.3 Å². The molecule has 0 atom stereocenters. The van der Waals surface area contributed by atoms with Crippen LogP contribution in [-0.4, -0.2) is 42.6 Å². The summed E-state index contributed by atoms with van der Waals surface area (Å²) in [6.45, 7) is 6.97. The first kappa shape index (κ1) is 16.0. The molecule has 3 rings (SSSR count). The Bertz CT molecular complexity index is 578. The molecule has 2 N–H and O–H groups in total. The third-order valence-electron chi connectivity index (χ3n) is 4.57. The van der Waals surface area contributed by atoms with Crippen LogP contribution in [0.25, 0.3) is 0 Å². The Labute approximate surface area is 138 Å². The molecule has 5 nitrogen and oxygen atoms in total. The number of hydrogen-bond donors (Lipinski definition) is 1. The van der Waals surface area contributed by atoms with E-state index in [4.69, 9.17) is 10.5 Å². The van der Waals surface area contributed by atoms with Crippen molar-refractivity contribution in [3.05, 3.63) is 18.2 Å². The standard InChI is InChI=1S/C18H27N3O2/c1-18(2)13-21(15-8-7-14(19)11-16(15)23-18)12-17(22)20-9-5-3-4-6-10-20/h7-8,11H,3-6,9-10,12-13,19H2,1-2H3. The summed E-state index contributed by atoms with van der Waals surface area (Å²) < 4.78 is 6.03. The highest BCUT2D eigenvalue weighted by molar-refractivity contribution is 5.83. The summed E-state index contributed by atoms with van der Waals surface area (Å²) in [6.07, 6.45) is 4.70. The number of fused-ring (bicyclic) bond motifs is 1. The van der Waals surface area contributed by atoms with E-state index in [0.29, 0.717) is 18.8 Å². The molecule has 0 radical (unpaired) electrons. The van der Waals surface area contributed by atoms with Crippen molar-refractivity contribution in [2.24, 2.45) is 0 Å². The van der Waals surface area contributed by atoms with Crippen LogP contribution < -0.4 is 15.4 Å². The van der Waals surface area contributed by atoms with Crippen molar-refractivity contribution in [2.75, 3.05) is 36.8 Å². The lowest BCUT2D eigenvalue weighted by atomic mass is 10.0. The predicted octanol–water partition coefficient (Wildman–Crippen LogP) is 2.65. The van der Waals surface area contributed by atoms with Crippen LogP contribution in [0.2, 0.25) is 0 Å². The maximum Gasteiger partial charge on any atom is 0.242 e. The lowest BCUT2D eigenvalue weighted by Gasteiger charge is -2.41. The summed E-state index contributed by atoms with van der Waals surface area (Å²) >= 11 is 0. The minimum absolute atomic E-state index is 0.215. The van der Waals surface area contributed by atoms with E-state index in [1.165, 1.54) is 12.8 Å². The Hall–Kier alpha value is -1.91. The van der Waals surface area contributed by atoms with E-state index in [1.54, 1.807) is 0 Å². The van der Waals surface area contributed by atoms with Gasteiger partial charge < -0.3 is 20.3 Å². The summed E-state index contributed by atoms with van der Waals surface area (Å²) in [5, 5.41) is 0. The quantitative estimate of drug-likeness (QED) is 0.852. The number of likely N-dealkylation sites (tertiary alicyclic amines) is 1. The van der Waals surface area contributed by atoms with Gasteiger partial charge in [0.05, 0.1) is 18.8 Å². The number of nitrogens with two attached hydrogens (primary N) is 1. The average Bonchev–Trinajstić information content (AvgIpc) is 2.74. The van der Waals surface area contributed by atoms with Crippen molar-refractivity contribution in [1.29, 1.82) is 0 Å². The molecule has 0 aliphatic carbocycles. The van der Waals surface area contributed by atoms with Gasteiger partial charge in [-0.05, 0) is 38.8 Å². The van der Waals surface area contributed by atoms with Gasteiger partial charge in [0, 0.05) is 24.8 Å². The molecule has 126 valence electrons. The van der Waals surface area contributed by atoms with Crippen LogP contribution in [0.1, 0.15) is 39.5 Å². The molecule has 1 saturated heterocycles. The molecule has 1 aromatic rings. The zero-order valence-electron chi connectivity index (χ0n) is 14.2. The number of nitrogens with zero attached hydrogens (tertiary/aromatic N) is 2. The zero-order chi connectivity index (χ0) is 16.4.